The lowest BCUT2D eigenvalue weighted by molar-refractivity contribution is 0.0949. The average Bonchev–Trinajstić information content (AvgIpc) is 3.14. The second-order valence-electron chi connectivity index (χ2n) is 6.42. The van der Waals surface area contributed by atoms with E-state index in [0.29, 0.717) is 17.3 Å². The van der Waals surface area contributed by atoms with Gasteiger partial charge in [-0.05, 0) is 42.2 Å². The molecule has 4 rings (SSSR count). The van der Waals surface area contributed by atoms with Gasteiger partial charge >= 0.3 is 0 Å². The number of para-hydroxylation sites is 1. The van der Waals surface area contributed by atoms with E-state index in [0.717, 1.165) is 36.5 Å². The Morgan fingerprint density at radius 2 is 1.89 bits per heavy atom. The van der Waals surface area contributed by atoms with Crippen LogP contribution >= 0.6 is 11.6 Å². The Labute approximate surface area is 163 Å². The first kappa shape index (κ1) is 17.5. The molecule has 136 valence electrons. The summed E-state index contributed by atoms with van der Waals surface area (Å²) in [7, 11) is 0. The minimum Gasteiger partial charge on any atom is -0.350 e. The molecule has 6 heteroatoms. The summed E-state index contributed by atoms with van der Waals surface area (Å²) < 4.78 is 0. The molecule has 2 heterocycles. The SMILES string of the molecule is O=C(NCCc1ccc(Cl)cc1)c1cnc(N2CCc3ccccc32)cn1. The molecule has 0 fully saturated rings. The fourth-order valence-corrected chi connectivity index (χ4v) is 3.34. The molecule has 0 radical (unpaired) electrons. The zero-order valence-electron chi connectivity index (χ0n) is 14.7. The first-order valence-electron chi connectivity index (χ1n) is 8.91. The van der Waals surface area contributed by atoms with Crippen molar-refractivity contribution in [3.05, 3.63) is 82.8 Å². The normalized spacial score (nSPS) is 12.7. The molecule has 1 N–H and O–H groups in total. The van der Waals surface area contributed by atoms with Crippen molar-refractivity contribution in [3.8, 4) is 0 Å². The predicted octanol–water partition coefficient (Wildman–Crippen LogP) is 3.80. The van der Waals surface area contributed by atoms with Gasteiger partial charge in [-0.1, -0.05) is 41.9 Å². The third kappa shape index (κ3) is 3.93. The molecule has 27 heavy (non-hydrogen) atoms. The Morgan fingerprint density at radius 3 is 2.67 bits per heavy atom. The highest BCUT2D eigenvalue weighted by molar-refractivity contribution is 6.30. The summed E-state index contributed by atoms with van der Waals surface area (Å²) in [6, 6.07) is 15.9. The molecule has 2 aromatic carbocycles. The van der Waals surface area contributed by atoms with Crippen molar-refractivity contribution in [3.63, 3.8) is 0 Å². The Hall–Kier alpha value is -2.92. The lowest BCUT2D eigenvalue weighted by Crippen LogP contribution is -2.27. The maximum absolute atomic E-state index is 12.3. The van der Waals surface area contributed by atoms with Crippen LogP contribution in [-0.2, 0) is 12.8 Å². The van der Waals surface area contributed by atoms with Gasteiger partial charge in [0.15, 0.2) is 5.82 Å². The van der Waals surface area contributed by atoms with Crippen LogP contribution in [0.4, 0.5) is 11.5 Å². The van der Waals surface area contributed by atoms with Gasteiger partial charge in [0, 0.05) is 23.8 Å². The van der Waals surface area contributed by atoms with Crippen LogP contribution in [0.5, 0.6) is 0 Å². The fourth-order valence-electron chi connectivity index (χ4n) is 3.22. The molecule has 0 spiro atoms. The molecule has 1 aliphatic rings. The van der Waals surface area contributed by atoms with Crippen molar-refractivity contribution in [2.45, 2.75) is 12.8 Å². The van der Waals surface area contributed by atoms with Gasteiger partial charge in [-0.25, -0.2) is 9.97 Å². The molecule has 0 aliphatic carbocycles. The number of carbonyl (C=O) groups is 1. The number of aromatic nitrogens is 2. The third-order valence-corrected chi connectivity index (χ3v) is 4.90. The van der Waals surface area contributed by atoms with Crippen LogP contribution in [0.2, 0.25) is 5.02 Å². The second-order valence-corrected chi connectivity index (χ2v) is 6.86. The van der Waals surface area contributed by atoms with E-state index in [4.69, 9.17) is 11.6 Å². The number of amides is 1. The molecule has 3 aromatic rings. The molecular formula is C21H19ClN4O. The van der Waals surface area contributed by atoms with E-state index in [1.807, 2.05) is 36.4 Å². The number of nitrogens with zero attached hydrogens (tertiary/aromatic N) is 3. The van der Waals surface area contributed by atoms with Crippen LogP contribution in [0.25, 0.3) is 0 Å². The summed E-state index contributed by atoms with van der Waals surface area (Å²) in [5, 5.41) is 3.59. The van der Waals surface area contributed by atoms with E-state index in [1.54, 1.807) is 6.20 Å². The molecule has 1 aromatic heterocycles. The third-order valence-electron chi connectivity index (χ3n) is 4.65. The zero-order valence-corrected chi connectivity index (χ0v) is 15.5. The Kier molecular flexibility index (Phi) is 5.03. The minimum atomic E-state index is -0.218. The first-order chi connectivity index (χ1) is 13.2. The van der Waals surface area contributed by atoms with E-state index in [-0.39, 0.29) is 5.91 Å². The van der Waals surface area contributed by atoms with Crippen molar-refractivity contribution < 1.29 is 4.79 Å². The summed E-state index contributed by atoms with van der Waals surface area (Å²) >= 11 is 5.88. The highest BCUT2D eigenvalue weighted by Crippen LogP contribution is 2.32. The molecule has 0 atom stereocenters. The molecule has 1 aliphatic heterocycles. The van der Waals surface area contributed by atoms with Crippen molar-refractivity contribution in [2.75, 3.05) is 18.0 Å². The Balaban J connectivity index is 1.36. The van der Waals surface area contributed by atoms with Crippen molar-refractivity contribution in [1.29, 1.82) is 0 Å². The number of halogens is 1. The maximum Gasteiger partial charge on any atom is 0.271 e. The lowest BCUT2D eigenvalue weighted by Gasteiger charge is -2.17. The number of hydrogen-bond acceptors (Lipinski definition) is 4. The first-order valence-corrected chi connectivity index (χ1v) is 9.28. The van der Waals surface area contributed by atoms with Gasteiger partial charge in [-0.2, -0.15) is 0 Å². The number of hydrogen-bond donors (Lipinski definition) is 1. The Morgan fingerprint density at radius 1 is 1.07 bits per heavy atom. The van der Waals surface area contributed by atoms with E-state index >= 15 is 0 Å². The van der Waals surface area contributed by atoms with Gasteiger partial charge in [0.05, 0.1) is 12.4 Å². The summed E-state index contributed by atoms with van der Waals surface area (Å²) in [5.74, 6) is 0.544. The molecule has 0 unspecified atom stereocenters. The van der Waals surface area contributed by atoms with Crippen molar-refractivity contribution in [1.82, 2.24) is 15.3 Å². The number of carbonyl (C=O) groups excluding carboxylic acids is 1. The van der Waals surface area contributed by atoms with Gasteiger partial charge in [-0.3, -0.25) is 4.79 Å². The van der Waals surface area contributed by atoms with Crippen LogP contribution in [0.1, 0.15) is 21.6 Å². The quantitative estimate of drug-likeness (QED) is 0.733. The zero-order chi connectivity index (χ0) is 18.6. The average molecular weight is 379 g/mol. The standard InChI is InChI=1S/C21H19ClN4O/c22-17-7-5-15(6-8-17)9-11-23-21(27)18-13-25-20(14-24-18)26-12-10-16-3-1-2-4-19(16)26/h1-8,13-14H,9-12H2,(H,23,27). The monoisotopic (exact) mass is 378 g/mol. The number of anilines is 2. The number of benzene rings is 2. The summed E-state index contributed by atoms with van der Waals surface area (Å²) in [5.41, 5.74) is 3.91. The molecule has 0 saturated heterocycles. The fraction of sp³-hybridized carbons (Fsp3) is 0.190. The lowest BCUT2D eigenvalue weighted by atomic mass is 10.1. The van der Waals surface area contributed by atoms with Crippen molar-refractivity contribution in [2.24, 2.45) is 0 Å². The summed E-state index contributed by atoms with van der Waals surface area (Å²) in [6.07, 6.45) is 4.92. The van der Waals surface area contributed by atoms with E-state index in [2.05, 4.69) is 32.3 Å². The number of nitrogens with one attached hydrogen (secondary N) is 1. The Bertz CT molecular complexity index is 941. The van der Waals surface area contributed by atoms with E-state index in [9.17, 15) is 4.79 Å². The highest BCUT2D eigenvalue weighted by Gasteiger charge is 2.21. The van der Waals surface area contributed by atoms with E-state index < -0.39 is 0 Å². The second kappa shape index (κ2) is 7.76. The van der Waals surface area contributed by atoms with Gasteiger partial charge < -0.3 is 10.2 Å². The van der Waals surface area contributed by atoms with Gasteiger partial charge in [0.25, 0.3) is 5.91 Å². The van der Waals surface area contributed by atoms with Crippen LogP contribution in [-0.4, -0.2) is 29.0 Å². The van der Waals surface area contributed by atoms with Crippen LogP contribution in [0, 0.1) is 0 Å². The minimum absolute atomic E-state index is 0.218. The molecule has 1 amide bonds. The number of fused-ring (bicyclic) bond motifs is 1. The smallest absolute Gasteiger partial charge is 0.271 e. The molecule has 0 saturated carbocycles. The number of rotatable bonds is 5. The van der Waals surface area contributed by atoms with E-state index in [1.165, 1.54) is 11.8 Å². The van der Waals surface area contributed by atoms with Gasteiger partial charge in [0.2, 0.25) is 0 Å². The maximum atomic E-state index is 12.3. The van der Waals surface area contributed by atoms with Crippen LogP contribution in [0.15, 0.2) is 60.9 Å². The summed E-state index contributed by atoms with van der Waals surface area (Å²) in [4.78, 5) is 23.1. The highest BCUT2D eigenvalue weighted by atomic mass is 35.5. The predicted molar refractivity (Wildman–Crippen MR) is 107 cm³/mol. The molecule has 5 nitrogen and oxygen atoms in total. The largest absolute Gasteiger partial charge is 0.350 e. The van der Waals surface area contributed by atoms with Crippen LogP contribution < -0.4 is 10.2 Å². The molecular weight excluding hydrogens is 360 g/mol. The molecule has 0 bridgehead atoms. The topological polar surface area (TPSA) is 58.1 Å². The van der Waals surface area contributed by atoms with Gasteiger partial charge in [0.1, 0.15) is 5.69 Å². The summed E-state index contributed by atoms with van der Waals surface area (Å²) in [6.45, 7) is 1.41. The van der Waals surface area contributed by atoms with Crippen LogP contribution in [0.3, 0.4) is 0 Å². The van der Waals surface area contributed by atoms with Crippen molar-refractivity contribution >= 4 is 29.0 Å². The van der Waals surface area contributed by atoms with Gasteiger partial charge in [-0.15, -0.1) is 0 Å².